The Bertz CT molecular complexity index is 1100. The summed E-state index contributed by atoms with van der Waals surface area (Å²) in [5.41, 5.74) is 1.31. The van der Waals surface area contributed by atoms with E-state index in [0.717, 1.165) is 0 Å². The third-order valence-corrected chi connectivity index (χ3v) is 4.86. The van der Waals surface area contributed by atoms with Gasteiger partial charge >= 0.3 is 0 Å². The molecule has 2 aromatic heterocycles. The highest BCUT2D eigenvalue weighted by Crippen LogP contribution is 2.31. The fraction of sp³-hybridized carbons (Fsp3) is 0.238. The monoisotopic (exact) mass is 387 g/mol. The molecule has 0 radical (unpaired) electrons. The van der Waals surface area contributed by atoms with Gasteiger partial charge < -0.3 is 19.1 Å². The second-order valence-corrected chi connectivity index (χ2v) is 6.71. The Hall–Kier alpha value is -4.04. The number of furan rings is 1. The van der Waals surface area contributed by atoms with Crippen LogP contribution >= 0.6 is 0 Å². The van der Waals surface area contributed by atoms with Crippen molar-refractivity contribution >= 4 is 17.5 Å². The van der Waals surface area contributed by atoms with Crippen LogP contribution in [0.2, 0.25) is 0 Å². The van der Waals surface area contributed by atoms with Gasteiger partial charge in [0.15, 0.2) is 5.76 Å². The SMILES string of the molecule is N#Cc1cccc(NC(=O)C2CCN(c3oc(-c4ccco4)nc3C#N)CC2)c1. The molecule has 1 aliphatic heterocycles. The average Bonchev–Trinajstić information content (AvgIpc) is 3.43. The molecule has 0 unspecified atom stereocenters. The van der Waals surface area contributed by atoms with Crippen molar-refractivity contribution in [3.8, 4) is 23.8 Å². The molecule has 0 saturated carbocycles. The summed E-state index contributed by atoms with van der Waals surface area (Å²) in [5.74, 6) is 0.893. The summed E-state index contributed by atoms with van der Waals surface area (Å²) in [4.78, 5) is 18.7. The van der Waals surface area contributed by atoms with Crippen LogP contribution in [0.5, 0.6) is 0 Å². The lowest BCUT2D eigenvalue weighted by molar-refractivity contribution is -0.120. The van der Waals surface area contributed by atoms with Crippen molar-refractivity contribution in [1.29, 1.82) is 10.5 Å². The normalized spacial score (nSPS) is 14.2. The van der Waals surface area contributed by atoms with Gasteiger partial charge in [0.05, 0.1) is 17.9 Å². The lowest BCUT2D eigenvalue weighted by Gasteiger charge is -2.30. The molecule has 8 nitrogen and oxygen atoms in total. The molecule has 3 aromatic rings. The molecule has 1 aromatic carbocycles. The molecule has 1 amide bonds. The second-order valence-electron chi connectivity index (χ2n) is 6.71. The Labute approximate surface area is 167 Å². The standard InChI is InChI=1S/C21H17N5O3/c22-12-14-3-1-4-16(11-14)24-19(27)15-6-8-26(9-7-15)21-17(13-23)25-20(29-21)18-5-2-10-28-18/h1-5,10-11,15H,6-9H2,(H,24,27). The molecule has 0 atom stereocenters. The molecule has 1 N–H and O–H groups in total. The van der Waals surface area contributed by atoms with E-state index < -0.39 is 0 Å². The number of amides is 1. The number of hydrogen-bond donors (Lipinski definition) is 1. The van der Waals surface area contributed by atoms with E-state index >= 15 is 0 Å². The van der Waals surface area contributed by atoms with Crippen LogP contribution < -0.4 is 10.2 Å². The number of benzene rings is 1. The number of aromatic nitrogens is 1. The largest absolute Gasteiger partial charge is 0.459 e. The summed E-state index contributed by atoms with van der Waals surface area (Å²) in [6.45, 7) is 1.13. The molecule has 0 bridgehead atoms. The van der Waals surface area contributed by atoms with Crippen LogP contribution in [0.15, 0.2) is 51.5 Å². The molecule has 144 valence electrons. The van der Waals surface area contributed by atoms with Gasteiger partial charge in [0.1, 0.15) is 6.07 Å². The first kappa shape index (κ1) is 18.3. The van der Waals surface area contributed by atoms with Crippen LogP contribution in [0.25, 0.3) is 11.7 Å². The maximum absolute atomic E-state index is 12.6. The molecular formula is C21H17N5O3. The van der Waals surface area contributed by atoms with Crippen LogP contribution in [-0.2, 0) is 4.79 Å². The predicted molar refractivity (Wildman–Crippen MR) is 104 cm³/mol. The number of carbonyl (C=O) groups excluding carboxylic acids is 1. The topological polar surface area (TPSA) is 119 Å². The predicted octanol–water partition coefficient (Wildman–Crippen LogP) is 3.53. The lowest BCUT2D eigenvalue weighted by atomic mass is 9.95. The summed E-state index contributed by atoms with van der Waals surface area (Å²) in [7, 11) is 0. The molecule has 1 saturated heterocycles. The van der Waals surface area contributed by atoms with Gasteiger partial charge in [0.25, 0.3) is 5.89 Å². The highest BCUT2D eigenvalue weighted by Gasteiger charge is 2.29. The quantitative estimate of drug-likeness (QED) is 0.727. The number of hydrogen-bond acceptors (Lipinski definition) is 7. The minimum Gasteiger partial charge on any atom is -0.459 e. The van der Waals surface area contributed by atoms with Gasteiger partial charge in [-0.15, -0.1) is 0 Å². The molecule has 4 rings (SSSR count). The number of nitrogens with zero attached hydrogens (tertiary/aromatic N) is 4. The lowest BCUT2D eigenvalue weighted by Crippen LogP contribution is -2.38. The molecular weight excluding hydrogens is 370 g/mol. The van der Waals surface area contributed by atoms with Crippen LogP contribution in [0.1, 0.15) is 24.1 Å². The number of rotatable bonds is 4. The zero-order chi connectivity index (χ0) is 20.2. The molecule has 29 heavy (non-hydrogen) atoms. The third kappa shape index (κ3) is 3.83. The number of nitriles is 2. The number of anilines is 2. The van der Waals surface area contributed by atoms with E-state index in [1.54, 1.807) is 36.4 Å². The van der Waals surface area contributed by atoms with E-state index in [1.807, 2.05) is 4.90 Å². The van der Waals surface area contributed by atoms with Crippen LogP contribution in [-0.4, -0.2) is 24.0 Å². The van der Waals surface area contributed by atoms with E-state index in [0.29, 0.717) is 48.8 Å². The summed E-state index contributed by atoms with van der Waals surface area (Å²) in [6.07, 6.45) is 2.75. The highest BCUT2D eigenvalue weighted by atomic mass is 16.4. The maximum Gasteiger partial charge on any atom is 0.266 e. The minimum absolute atomic E-state index is 0.0749. The maximum atomic E-state index is 12.6. The van der Waals surface area contributed by atoms with E-state index in [4.69, 9.17) is 14.1 Å². The van der Waals surface area contributed by atoms with Crippen molar-refractivity contribution in [2.75, 3.05) is 23.3 Å². The van der Waals surface area contributed by atoms with Gasteiger partial charge in [0, 0.05) is 24.7 Å². The van der Waals surface area contributed by atoms with Crippen LogP contribution in [0.4, 0.5) is 11.6 Å². The van der Waals surface area contributed by atoms with Crippen molar-refractivity contribution in [2.45, 2.75) is 12.8 Å². The van der Waals surface area contributed by atoms with Gasteiger partial charge in [-0.25, -0.2) is 0 Å². The van der Waals surface area contributed by atoms with E-state index in [1.165, 1.54) is 6.26 Å². The van der Waals surface area contributed by atoms with Gasteiger partial charge in [-0.2, -0.15) is 15.5 Å². The zero-order valence-electron chi connectivity index (χ0n) is 15.5. The fourth-order valence-corrected chi connectivity index (χ4v) is 3.36. The van der Waals surface area contributed by atoms with Crippen molar-refractivity contribution in [3.63, 3.8) is 0 Å². The Morgan fingerprint density at radius 1 is 1.17 bits per heavy atom. The minimum atomic E-state index is -0.157. The van der Waals surface area contributed by atoms with Crippen molar-refractivity contribution < 1.29 is 13.6 Å². The molecule has 0 spiro atoms. The first-order valence-corrected chi connectivity index (χ1v) is 9.18. The number of piperidine rings is 1. The zero-order valence-corrected chi connectivity index (χ0v) is 15.5. The van der Waals surface area contributed by atoms with Crippen molar-refractivity contribution in [3.05, 3.63) is 53.9 Å². The first-order valence-electron chi connectivity index (χ1n) is 9.18. The Morgan fingerprint density at radius 2 is 2.00 bits per heavy atom. The van der Waals surface area contributed by atoms with Crippen LogP contribution in [0.3, 0.4) is 0 Å². The summed E-state index contributed by atoms with van der Waals surface area (Å²) in [5, 5.41) is 21.2. The number of nitrogens with one attached hydrogen (secondary N) is 1. The summed E-state index contributed by atoms with van der Waals surface area (Å²) in [6, 6.07) is 14.4. The summed E-state index contributed by atoms with van der Waals surface area (Å²) < 4.78 is 11.1. The molecule has 1 fully saturated rings. The highest BCUT2D eigenvalue weighted by molar-refractivity contribution is 5.92. The Morgan fingerprint density at radius 3 is 2.69 bits per heavy atom. The van der Waals surface area contributed by atoms with Gasteiger partial charge in [-0.3, -0.25) is 4.79 Å². The number of carbonyl (C=O) groups is 1. The Balaban J connectivity index is 1.41. The van der Waals surface area contributed by atoms with Crippen molar-refractivity contribution in [1.82, 2.24) is 4.98 Å². The van der Waals surface area contributed by atoms with Gasteiger partial charge in [0.2, 0.25) is 17.5 Å². The average molecular weight is 387 g/mol. The van der Waals surface area contributed by atoms with E-state index in [2.05, 4.69) is 22.4 Å². The molecule has 0 aliphatic carbocycles. The number of oxazole rings is 1. The fourth-order valence-electron chi connectivity index (χ4n) is 3.36. The molecule has 8 heteroatoms. The van der Waals surface area contributed by atoms with Gasteiger partial charge in [-0.1, -0.05) is 6.07 Å². The Kier molecular flexibility index (Phi) is 5.00. The second kappa shape index (κ2) is 7.91. The molecule has 1 aliphatic rings. The molecule has 3 heterocycles. The first-order chi connectivity index (χ1) is 14.2. The third-order valence-electron chi connectivity index (χ3n) is 4.86. The smallest absolute Gasteiger partial charge is 0.266 e. The summed E-state index contributed by atoms with van der Waals surface area (Å²) >= 11 is 0. The van der Waals surface area contributed by atoms with Crippen LogP contribution in [0, 0.1) is 28.6 Å². The van der Waals surface area contributed by atoms with E-state index in [9.17, 15) is 10.1 Å². The van der Waals surface area contributed by atoms with E-state index in [-0.39, 0.29) is 23.4 Å². The van der Waals surface area contributed by atoms with Gasteiger partial charge in [-0.05, 0) is 43.2 Å². The van der Waals surface area contributed by atoms with Crippen molar-refractivity contribution in [2.24, 2.45) is 5.92 Å².